The van der Waals surface area contributed by atoms with E-state index in [2.05, 4.69) is 15.9 Å². The Balaban J connectivity index is 2.25. The lowest BCUT2D eigenvalue weighted by atomic mass is 10.1. The summed E-state index contributed by atoms with van der Waals surface area (Å²) in [6.07, 6.45) is 0. The van der Waals surface area contributed by atoms with Crippen LogP contribution in [0.25, 0.3) is 0 Å². The van der Waals surface area contributed by atoms with E-state index in [1.54, 1.807) is 18.2 Å². The molecule has 0 saturated heterocycles. The Bertz CT molecular complexity index is 676. The molecule has 0 heterocycles. The Morgan fingerprint density at radius 1 is 1.29 bits per heavy atom. The van der Waals surface area contributed by atoms with Gasteiger partial charge in [0, 0.05) is 11.6 Å². The van der Waals surface area contributed by atoms with Crippen LogP contribution < -0.4 is 15.2 Å². The molecule has 6 nitrogen and oxygen atoms in total. The molecule has 110 valence electrons. The van der Waals surface area contributed by atoms with E-state index in [0.29, 0.717) is 17.1 Å². The van der Waals surface area contributed by atoms with Gasteiger partial charge in [0.25, 0.3) is 5.69 Å². The molecule has 7 heteroatoms. The zero-order valence-corrected chi connectivity index (χ0v) is 12.8. The molecule has 21 heavy (non-hydrogen) atoms. The highest BCUT2D eigenvalue weighted by Crippen LogP contribution is 2.36. The van der Waals surface area contributed by atoms with E-state index in [1.807, 2.05) is 12.1 Å². The quantitative estimate of drug-likeness (QED) is 0.505. The monoisotopic (exact) mass is 352 g/mol. The van der Waals surface area contributed by atoms with Gasteiger partial charge in [0.1, 0.15) is 12.3 Å². The van der Waals surface area contributed by atoms with Gasteiger partial charge in [-0.2, -0.15) is 0 Å². The van der Waals surface area contributed by atoms with Gasteiger partial charge in [-0.25, -0.2) is 0 Å². The second-order valence-electron chi connectivity index (χ2n) is 4.17. The van der Waals surface area contributed by atoms with E-state index in [9.17, 15) is 10.1 Å². The Hall–Kier alpha value is -2.28. The zero-order valence-electron chi connectivity index (χ0n) is 11.2. The van der Waals surface area contributed by atoms with Gasteiger partial charge >= 0.3 is 0 Å². The maximum absolute atomic E-state index is 10.9. The van der Waals surface area contributed by atoms with Crippen molar-refractivity contribution >= 4 is 27.3 Å². The normalized spacial score (nSPS) is 10.2. The summed E-state index contributed by atoms with van der Waals surface area (Å²) in [5, 5.41) is 10.9. The summed E-state index contributed by atoms with van der Waals surface area (Å²) >= 11 is 3.37. The summed E-state index contributed by atoms with van der Waals surface area (Å²) < 4.78 is 11.6. The smallest absolute Gasteiger partial charge is 0.292 e. The summed E-state index contributed by atoms with van der Waals surface area (Å²) in [6.45, 7) is 0.104. The number of halogens is 1. The number of nitrogens with zero attached hydrogens (tertiary/aromatic N) is 1. The minimum Gasteiger partial charge on any atom is -0.493 e. The third-order valence-corrected chi connectivity index (χ3v) is 3.52. The Morgan fingerprint density at radius 2 is 2.00 bits per heavy atom. The summed E-state index contributed by atoms with van der Waals surface area (Å²) in [4.78, 5) is 10.3. The van der Waals surface area contributed by atoms with Gasteiger partial charge < -0.3 is 15.2 Å². The maximum atomic E-state index is 10.9. The van der Waals surface area contributed by atoms with Crippen LogP contribution in [0.1, 0.15) is 5.56 Å². The first-order valence-corrected chi connectivity index (χ1v) is 6.81. The number of nitro groups is 1. The fraction of sp³-hybridized carbons (Fsp3) is 0.143. The lowest BCUT2D eigenvalue weighted by Crippen LogP contribution is -2.04. The molecular formula is C14H13BrN2O4. The number of nitrogens with two attached hydrogens (primary N) is 1. The number of ether oxygens (including phenoxy) is 2. The third kappa shape index (κ3) is 3.25. The Labute approximate surface area is 129 Å². The predicted octanol–water partition coefficient (Wildman–Crippen LogP) is 3.53. The maximum Gasteiger partial charge on any atom is 0.292 e. The number of rotatable bonds is 5. The van der Waals surface area contributed by atoms with E-state index < -0.39 is 4.92 Å². The van der Waals surface area contributed by atoms with Gasteiger partial charge in [-0.1, -0.05) is 18.2 Å². The SMILES string of the molecule is COc1cccc(Br)c1OCc1cccc([N+](=O)[O-])c1N. The van der Waals surface area contributed by atoms with Crippen LogP contribution in [-0.4, -0.2) is 12.0 Å². The number of methoxy groups -OCH3 is 1. The second-order valence-corrected chi connectivity index (χ2v) is 5.02. The molecule has 0 spiro atoms. The van der Waals surface area contributed by atoms with Gasteiger partial charge in [0.15, 0.2) is 11.5 Å². The van der Waals surface area contributed by atoms with Crippen molar-refractivity contribution in [1.29, 1.82) is 0 Å². The van der Waals surface area contributed by atoms with E-state index in [0.717, 1.165) is 4.47 Å². The van der Waals surface area contributed by atoms with Gasteiger partial charge in [0.05, 0.1) is 16.5 Å². The fourth-order valence-electron chi connectivity index (χ4n) is 1.82. The number of para-hydroxylation sites is 2. The van der Waals surface area contributed by atoms with Crippen LogP contribution in [0.2, 0.25) is 0 Å². The highest BCUT2D eigenvalue weighted by molar-refractivity contribution is 9.10. The van der Waals surface area contributed by atoms with Crippen LogP contribution >= 0.6 is 15.9 Å². The van der Waals surface area contributed by atoms with Crippen LogP contribution in [0.15, 0.2) is 40.9 Å². The molecular weight excluding hydrogens is 340 g/mol. The van der Waals surface area contributed by atoms with Gasteiger partial charge in [-0.3, -0.25) is 10.1 Å². The van der Waals surface area contributed by atoms with Crippen LogP contribution in [0.5, 0.6) is 11.5 Å². The standard InChI is InChI=1S/C14H13BrN2O4/c1-20-12-7-3-5-10(15)14(12)21-8-9-4-2-6-11(13(9)16)17(18)19/h2-7H,8,16H2,1H3. The van der Waals surface area contributed by atoms with Gasteiger partial charge in [-0.05, 0) is 28.1 Å². The van der Waals surface area contributed by atoms with Crippen LogP contribution in [-0.2, 0) is 6.61 Å². The molecule has 0 radical (unpaired) electrons. The lowest BCUT2D eigenvalue weighted by Gasteiger charge is -2.13. The number of benzene rings is 2. The topological polar surface area (TPSA) is 87.6 Å². The summed E-state index contributed by atoms with van der Waals surface area (Å²) in [6, 6.07) is 10.0. The van der Waals surface area contributed by atoms with Crippen molar-refractivity contribution in [2.24, 2.45) is 0 Å². The van der Waals surface area contributed by atoms with Crippen molar-refractivity contribution in [1.82, 2.24) is 0 Å². The number of hydrogen-bond acceptors (Lipinski definition) is 5. The third-order valence-electron chi connectivity index (χ3n) is 2.89. The molecule has 0 saturated carbocycles. The van der Waals surface area contributed by atoms with Crippen molar-refractivity contribution in [3.8, 4) is 11.5 Å². The zero-order chi connectivity index (χ0) is 15.4. The van der Waals surface area contributed by atoms with Crippen molar-refractivity contribution < 1.29 is 14.4 Å². The lowest BCUT2D eigenvalue weighted by molar-refractivity contribution is -0.384. The van der Waals surface area contributed by atoms with Crippen LogP contribution in [0, 0.1) is 10.1 Å². The summed E-state index contributed by atoms with van der Waals surface area (Å²) in [7, 11) is 1.54. The molecule has 0 aromatic heterocycles. The van der Waals surface area contributed by atoms with Crippen molar-refractivity contribution in [2.45, 2.75) is 6.61 Å². The summed E-state index contributed by atoms with van der Waals surface area (Å²) in [5.41, 5.74) is 6.31. The van der Waals surface area contributed by atoms with Crippen molar-refractivity contribution in [3.63, 3.8) is 0 Å². The first-order valence-electron chi connectivity index (χ1n) is 6.01. The highest BCUT2D eigenvalue weighted by atomic mass is 79.9. The first kappa shape index (κ1) is 15.1. The largest absolute Gasteiger partial charge is 0.493 e. The van der Waals surface area contributed by atoms with Crippen molar-refractivity contribution in [2.75, 3.05) is 12.8 Å². The molecule has 0 bridgehead atoms. The fourth-order valence-corrected chi connectivity index (χ4v) is 2.29. The molecule has 2 aromatic rings. The molecule has 2 aromatic carbocycles. The Kier molecular flexibility index (Phi) is 4.64. The number of nitro benzene ring substituents is 1. The van der Waals surface area contributed by atoms with Crippen LogP contribution in [0.4, 0.5) is 11.4 Å². The molecule has 0 aliphatic rings. The van der Waals surface area contributed by atoms with E-state index >= 15 is 0 Å². The predicted molar refractivity (Wildman–Crippen MR) is 82.5 cm³/mol. The van der Waals surface area contributed by atoms with Gasteiger partial charge in [-0.15, -0.1) is 0 Å². The number of nitrogen functional groups attached to an aromatic ring is 1. The highest BCUT2D eigenvalue weighted by Gasteiger charge is 2.16. The van der Waals surface area contributed by atoms with Gasteiger partial charge in [0.2, 0.25) is 0 Å². The molecule has 2 N–H and O–H groups in total. The molecule has 2 rings (SSSR count). The number of hydrogen-bond donors (Lipinski definition) is 1. The summed E-state index contributed by atoms with van der Waals surface area (Å²) in [5.74, 6) is 1.08. The first-order chi connectivity index (χ1) is 10.0. The molecule has 0 aliphatic carbocycles. The van der Waals surface area contributed by atoms with Crippen LogP contribution in [0.3, 0.4) is 0 Å². The molecule has 0 aliphatic heterocycles. The average molecular weight is 353 g/mol. The van der Waals surface area contributed by atoms with E-state index in [1.165, 1.54) is 13.2 Å². The van der Waals surface area contributed by atoms with E-state index in [4.69, 9.17) is 15.2 Å². The molecule has 0 amide bonds. The molecule has 0 unspecified atom stereocenters. The average Bonchev–Trinajstić information content (AvgIpc) is 2.46. The number of anilines is 1. The Morgan fingerprint density at radius 3 is 2.67 bits per heavy atom. The van der Waals surface area contributed by atoms with E-state index in [-0.39, 0.29) is 18.0 Å². The van der Waals surface area contributed by atoms with Crippen molar-refractivity contribution in [3.05, 3.63) is 56.5 Å². The molecule has 0 fully saturated rings. The minimum atomic E-state index is -0.516. The second kappa shape index (κ2) is 6.45. The minimum absolute atomic E-state index is 0.104. The molecule has 0 atom stereocenters.